The molecule has 6 heteroatoms. The second kappa shape index (κ2) is 5.00. The monoisotopic (exact) mass is 355 g/mol. The number of rotatable bonds is 0. The van der Waals surface area contributed by atoms with Crippen LogP contribution in [0.5, 0.6) is 5.75 Å². The van der Waals surface area contributed by atoms with Crippen molar-refractivity contribution in [2.45, 2.75) is 51.6 Å². The quantitative estimate of drug-likeness (QED) is 0.696. The lowest BCUT2D eigenvalue weighted by atomic mass is 9.55. The van der Waals surface area contributed by atoms with Gasteiger partial charge in [-0.1, -0.05) is 20.8 Å². The Bertz CT molecular complexity index is 864. The average molecular weight is 355 g/mol. The highest BCUT2D eigenvalue weighted by Gasteiger charge is 2.54. The summed E-state index contributed by atoms with van der Waals surface area (Å²) in [6.07, 6.45) is 0. The van der Waals surface area contributed by atoms with Crippen LogP contribution in [0.25, 0.3) is 0 Å². The zero-order chi connectivity index (χ0) is 18.4. The van der Waals surface area contributed by atoms with Gasteiger partial charge in [0.25, 0.3) is 5.91 Å². The molecule has 4 aliphatic rings. The van der Waals surface area contributed by atoms with Crippen LogP contribution in [0.3, 0.4) is 0 Å². The van der Waals surface area contributed by atoms with Crippen LogP contribution in [0.1, 0.15) is 50.7 Å². The predicted octanol–water partition coefficient (Wildman–Crippen LogP) is 1.69. The van der Waals surface area contributed by atoms with E-state index in [0.29, 0.717) is 29.9 Å². The zero-order valence-electron chi connectivity index (χ0n) is 16.1. The molecule has 5 rings (SSSR count). The highest BCUT2D eigenvalue weighted by Crippen LogP contribution is 2.55. The molecule has 1 aromatic carbocycles. The minimum absolute atomic E-state index is 0.0125. The molecule has 26 heavy (non-hydrogen) atoms. The fourth-order valence-electron chi connectivity index (χ4n) is 5.40. The molecule has 1 aromatic rings. The number of hydrazine groups is 1. The van der Waals surface area contributed by atoms with E-state index < -0.39 is 0 Å². The van der Waals surface area contributed by atoms with Gasteiger partial charge in [0.2, 0.25) is 0 Å². The Hall–Kier alpha value is -2.08. The number of nitrogens with zero attached hydrogens (tertiary/aromatic N) is 2. The average Bonchev–Trinajstić information content (AvgIpc) is 2.61. The van der Waals surface area contributed by atoms with Crippen molar-refractivity contribution in [1.82, 2.24) is 15.8 Å². The molecule has 0 saturated carbocycles. The molecule has 1 fully saturated rings. The Morgan fingerprint density at radius 2 is 2.04 bits per heavy atom. The van der Waals surface area contributed by atoms with Crippen LogP contribution in [-0.2, 0) is 4.79 Å². The third-order valence-electron chi connectivity index (χ3n) is 7.35. The van der Waals surface area contributed by atoms with E-state index in [4.69, 9.17) is 4.74 Å². The van der Waals surface area contributed by atoms with Crippen molar-refractivity contribution in [3.05, 3.63) is 23.3 Å². The van der Waals surface area contributed by atoms with Crippen molar-refractivity contribution < 1.29 is 14.1 Å². The summed E-state index contributed by atoms with van der Waals surface area (Å²) in [5.74, 6) is 2.82. The number of amides is 1. The van der Waals surface area contributed by atoms with E-state index in [1.807, 2.05) is 14.0 Å². The first-order valence-electron chi connectivity index (χ1n) is 9.56. The van der Waals surface area contributed by atoms with Gasteiger partial charge in [-0.15, -0.1) is 0 Å². The molecule has 138 valence electrons. The molecule has 1 amide bonds. The van der Waals surface area contributed by atoms with E-state index in [1.165, 1.54) is 11.1 Å². The Labute approximate surface area is 154 Å². The molecule has 0 bridgehead atoms. The molecule has 2 N–H and O–H groups in total. The number of fused-ring (bicyclic) bond motifs is 4. The highest BCUT2D eigenvalue weighted by atomic mass is 16.5. The summed E-state index contributed by atoms with van der Waals surface area (Å²) >= 11 is 0. The molecule has 5 unspecified atom stereocenters. The van der Waals surface area contributed by atoms with Crippen LogP contribution < -0.4 is 15.5 Å². The molecule has 0 radical (unpaired) electrons. The normalized spacial score (nSPS) is 37.6. The van der Waals surface area contributed by atoms with Crippen molar-refractivity contribution >= 4 is 17.4 Å². The molecular weight excluding hydrogens is 328 g/mol. The fraction of sp³-hybridized carbons (Fsp3) is 0.600. The van der Waals surface area contributed by atoms with Gasteiger partial charge >= 0.3 is 5.84 Å². The van der Waals surface area contributed by atoms with Crippen LogP contribution in [0.2, 0.25) is 0 Å². The summed E-state index contributed by atoms with van der Waals surface area (Å²) < 4.78 is 8.25. The van der Waals surface area contributed by atoms with Gasteiger partial charge in [-0.3, -0.25) is 4.79 Å². The second-order valence-electron chi connectivity index (χ2n) is 8.61. The van der Waals surface area contributed by atoms with Crippen molar-refractivity contribution in [3.8, 4) is 5.75 Å². The minimum atomic E-state index is -0.244. The Morgan fingerprint density at radius 3 is 2.73 bits per heavy atom. The summed E-state index contributed by atoms with van der Waals surface area (Å²) in [6.45, 7) is 10.6. The smallest absolute Gasteiger partial charge is 0.314 e. The molecule has 0 spiro atoms. The fourth-order valence-corrected chi connectivity index (χ4v) is 5.40. The molecule has 3 aliphatic heterocycles. The topological polar surface area (TPSA) is 56.6 Å². The SMILES string of the molecule is CC1c2cc3c(cc2C(C)C2(C)CNC12)[N+]1=C(CO3)N(C)NC(=O)C1C. The van der Waals surface area contributed by atoms with Crippen LogP contribution in [0, 0.1) is 5.41 Å². The summed E-state index contributed by atoms with van der Waals surface area (Å²) in [6, 6.07) is 4.79. The van der Waals surface area contributed by atoms with Crippen molar-refractivity contribution in [2.24, 2.45) is 5.41 Å². The summed E-state index contributed by atoms with van der Waals surface area (Å²) in [7, 11) is 1.87. The van der Waals surface area contributed by atoms with Gasteiger partial charge in [-0.25, -0.2) is 4.58 Å². The summed E-state index contributed by atoms with van der Waals surface area (Å²) in [5.41, 5.74) is 7.00. The van der Waals surface area contributed by atoms with Crippen LogP contribution in [0.4, 0.5) is 5.69 Å². The number of benzene rings is 1. The molecule has 1 aliphatic carbocycles. The maximum atomic E-state index is 12.4. The number of likely N-dealkylation sites (N-methyl/N-ethyl adjacent to an activating group) is 1. The van der Waals surface area contributed by atoms with E-state index in [9.17, 15) is 4.79 Å². The van der Waals surface area contributed by atoms with Gasteiger partial charge < -0.3 is 10.1 Å². The Balaban J connectivity index is 1.70. The maximum Gasteiger partial charge on any atom is 0.314 e. The standard InChI is InChI=1S/C20H26N4O2/c1-10-13-7-16-15(6-14(13)11(2)20(4)9-21-18(10)20)24-12(3)19(25)22-23(5)17(24)8-26-16/h6-7,10-12,18,21H,8-9H2,1-5H3/p+1. The maximum absolute atomic E-state index is 12.4. The number of hydrogen-bond acceptors (Lipinski definition) is 4. The van der Waals surface area contributed by atoms with Crippen LogP contribution in [-0.4, -0.2) is 53.6 Å². The van der Waals surface area contributed by atoms with Crippen molar-refractivity contribution in [2.75, 3.05) is 20.2 Å². The molecular formula is C20H27N4O2+. The van der Waals surface area contributed by atoms with Crippen molar-refractivity contribution in [3.63, 3.8) is 0 Å². The number of amidine groups is 1. The molecule has 6 nitrogen and oxygen atoms in total. The van der Waals surface area contributed by atoms with Gasteiger partial charge in [0, 0.05) is 18.0 Å². The summed E-state index contributed by atoms with van der Waals surface area (Å²) in [4.78, 5) is 12.4. The first-order valence-corrected chi connectivity index (χ1v) is 9.56. The van der Waals surface area contributed by atoms with E-state index in [-0.39, 0.29) is 11.9 Å². The third-order valence-corrected chi connectivity index (χ3v) is 7.35. The van der Waals surface area contributed by atoms with Crippen LogP contribution in [0.15, 0.2) is 12.1 Å². The largest absolute Gasteiger partial charge is 0.476 e. The molecule has 0 aromatic heterocycles. The molecule has 3 heterocycles. The van der Waals surface area contributed by atoms with Crippen LogP contribution >= 0.6 is 0 Å². The lowest BCUT2D eigenvalue weighted by Gasteiger charge is -2.58. The summed E-state index contributed by atoms with van der Waals surface area (Å²) in [5, 5.41) is 5.42. The molecule has 1 saturated heterocycles. The molecule has 5 atom stereocenters. The van der Waals surface area contributed by atoms with E-state index in [1.54, 1.807) is 5.01 Å². The first-order chi connectivity index (χ1) is 12.3. The predicted molar refractivity (Wildman–Crippen MR) is 99.0 cm³/mol. The number of carbonyl (C=O) groups excluding carboxylic acids is 1. The van der Waals surface area contributed by atoms with Gasteiger partial charge in [0.15, 0.2) is 24.1 Å². The van der Waals surface area contributed by atoms with E-state index in [0.717, 1.165) is 23.8 Å². The Kier molecular flexibility index (Phi) is 3.10. The van der Waals surface area contributed by atoms with E-state index >= 15 is 0 Å². The number of ether oxygens (including phenoxy) is 1. The van der Waals surface area contributed by atoms with Gasteiger partial charge in [0.05, 0.1) is 0 Å². The third kappa shape index (κ3) is 1.80. The lowest BCUT2D eigenvalue weighted by Crippen LogP contribution is -2.66. The number of carbonyl (C=O) groups is 1. The minimum Gasteiger partial charge on any atom is -0.476 e. The number of nitrogens with one attached hydrogen (secondary N) is 2. The Morgan fingerprint density at radius 1 is 1.27 bits per heavy atom. The number of hydrogen-bond donors (Lipinski definition) is 2. The van der Waals surface area contributed by atoms with Gasteiger partial charge in [0.1, 0.15) is 7.05 Å². The lowest BCUT2D eigenvalue weighted by molar-refractivity contribution is -0.482. The zero-order valence-corrected chi connectivity index (χ0v) is 16.1. The van der Waals surface area contributed by atoms with Gasteiger partial charge in [-0.05, 0) is 42.0 Å². The van der Waals surface area contributed by atoms with Crippen molar-refractivity contribution in [1.29, 1.82) is 0 Å². The van der Waals surface area contributed by atoms with E-state index in [2.05, 4.69) is 48.2 Å². The van der Waals surface area contributed by atoms with Gasteiger partial charge in [-0.2, -0.15) is 10.4 Å². The highest BCUT2D eigenvalue weighted by molar-refractivity contribution is 5.91. The second-order valence-corrected chi connectivity index (χ2v) is 8.61. The first kappa shape index (κ1) is 16.1.